The van der Waals surface area contributed by atoms with Crippen molar-refractivity contribution in [2.24, 2.45) is 0 Å². The van der Waals surface area contributed by atoms with Gasteiger partial charge in [-0.3, -0.25) is 0 Å². The maximum atomic E-state index is 10.4. The molecule has 12 heavy (non-hydrogen) atoms. The van der Waals surface area contributed by atoms with Crippen LogP contribution in [0.2, 0.25) is 0 Å². The Hall–Kier alpha value is -2.02. The van der Waals surface area contributed by atoms with E-state index in [1.165, 1.54) is 30.5 Å². The molecule has 0 aromatic heterocycles. The molecule has 4 heteroatoms. The molecule has 60 valence electrons. The van der Waals surface area contributed by atoms with Crippen LogP contribution < -0.4 is 4.74 Å². The van der Waals surface area contributed by atoms with E-state index >= 15 is 0 Å². The van der Waals surface area contributed by atoms with Crippen LogP contribution in [0.25, 0.3) is 0 Å². The number of carboxylic acid groups (broad SMARTS) is 1. The van der Waals surface area contributed by atoms with E-state index < -0.39 is 5.97 Å². The lowest BCUT2D eigenvalue weighted by atomic mass is 10.2. The zero-order valence-electron chi connectivity index (χ0n) is 6.02. The van der Waals surface area contributed by atoms with Gasteiger partial charge >= 0.3 is 5.97 Å². The van der Waals surface area contributed by atoms with Crippen LogP contribution in [0.4, 0.5) is 0 Å². The topological polar surface area (TPSA) is 70.3 Å². The number of benzene rings is 1. The molecule has 0 heterocycles. The highest BCUT2D eigenvalue weighted by atomic mass is 16.5. The van der Waals surface area contributed by atoms with Crippen molar-refractivity contribution in [1.82, 2.24) is 0 Å². The average Bonchev–Trinajstić information content (AvgIpc) is 2.06. The first kappa shape index (κ1) is 8.08. The number of hydrogen-bond acceptors (Lipinski definition) is 3. The summed E-state index contributed by atoms with van der Waals surface area (Å²) in [5.41, 5.74) is 0.167. The summed E-state index contributed by atoms with van der Waals surface area (Å²) in [4.78, 5) is 10.4. The molecule has 0 amide bonds. The zero-order valence-corrected chi connectivity index (χ0v) is 6.02. The van der Waals surface area contributed by atoms with Gasteiger partial charge in [0.1, 0.15) is 5.75 Å². The highest BCUT2D eigenvalue weighted by Gasteiger charge is 2.01. The molecule has 0 aliphatic heterocycles. The van der Waals surface area contributed by atoms with Crippen molar-refractivity contribution in [3.05, 3.63) is 29.8 Å². The predicted octanol–water partition coefficient (Wildman–Crippen LogP) is 1.24. The Morgan fingerprint density at radius 2 is 2.00 bits per heavy atom. The SMILES string of the molecule is N#COc1ccc(C(=O)O)cc1. The Labute approximate surface area is 68.6 Å². The minimum absolute atomic E-state index is 0.167. The minimum atomic E-state index is -1.00. The van der Waals surface area contributed by atoms with E-state index in [4.69, 9.17) is 10.4 Å². The van der Waals surface area contributed by atoms with Crippen molar-refractivity contribution in [3.63, 3.8) is 0 Å². The van der Waals surface area contributed by atoms with Crippen molar-refractivity contribution < 1.29 is 14.6 Å². The van der Waals surface area contributed by atoms with Gasteiger partial charge in [-0.1, -0.05) is 0 Å². The summed E-state index contributed by atoms with van der Waals surface area (Å²) in [6.45, 7) is 0. The fourth-order valence-corrected chi connectivity index (χ4v) is 0.718. The largest absolute Gasteiger partial charge is 0.478 e. The maximum Gasteiger partial charge on any atom is 0.335 e. The van der Waals surface area contributed by atoms with Crippen LogP contribution in [0.15, 0.2) is 24.3 Å². The van der Waals surface area contributed by atoms with Crippen LogP contribution in [-0.4, -0.2) is 11.1 Å². The quantitative estimate of drug-likeness (QED) is 0.666. The molecule has 0 fully saturated rings. The maximum absolute atomic E-state index is 10.4. The molecule has 0 aliphatic rings. The van der Waals surface area contributed by atoms with E-state index in [-0.39, 0.29) is 5.56 Å². The molecule has 0 saturated heterocycles. The first-order valence-corrected chi connectivity index (χ1v) is 3.13. The standard InChI is InChI=1S/C8H5NO3/c9-5-12-7-3-1-6(2-4-7)8(10)11/h1-4H,(H,10,11). The van der Waals surface area contributed by atoms with Gasteiger partial charge in [0.15, 0.2) is 0 Å². The molecule has 1 N–H and O–H groups in total. The normalized spacial score (nSPS) is 8.58. The van der Waals surface area contributed by atoms with Crippen molar-refractivity contribution in [1.29, 1.82) is 5.26 Å². The Balaban J connectivity index is 2.87. The van der Waals surface area contributed by atoms with Crippen molar-refractivity contribution in [3.8, 4) is 12.0 Å². The molecule has 4 nitrogen and oxygen atoms in total. The molecule has 0 aliphatic carbocycles. The molecule has 0 bridgehead atoms. The van der Waals surface area contributed by atoms with Crippen molar-refractivity contribution >= 4 is 5.97 Å². The second-order valence-electron chi connectivity index (χ2n) is 2.02. The third-order valence-corrected chi connectivity index (χ3v) is 1.26. The summed E-state index contributed by atoms with van der Waals surface area (Å²) in [7, 11) is 0. The van der Waals surface area contributed by atoms with E-state index in [0.717, 1.165) is 0 Å². The van der Waals surface area contributed by atoms with Gasteiger partial charge in [-0.15, -0.1) is 5.26 Å². The van der Waals surface area contributed by atoms with E-state index in [2.05, 4.69) is 4.74 Å². The summed E-state index contributed by atoms with van der Waals surface area (Å²) in [5, 5.41) is 16.6. The van der Waals surface area contributed by atoms with E-state index in [0.29, 0.717) is 5.75 Å². The van der Waals surface area contributed by atoms with E-state index in [9.17, 15) is 4.79 Å². The third-order valence-electron chi connectivity index (χ3n) is 1.26. The number of rotatable bonds is 2. The molecule has 1 aromatic carbocycles. The number of hydrogen-bond donors (Lipinski definition) is 1. The Morgan fingerprint density at radius 3 is 2.42 bits per heavy atom. The van der Waals surface area contributed by atoms with Crippen molar-refractivity contribution in [2.75, 3.05) is 0 Å². The molecule has 0 spiro atoms. The number of carboxylic acids is 1. The lowest BCUT2D eigenvalue weighted by Gasteiger charge is -1.95. The van der Waals surface area contributed by atoms with Crippen LogP contribution in [0, 0.1) is 11.5 Å². The fourth-order valence-electron chi connectivity index (χ4n) is 0.718. The average molecular weight is 163 g/mol. The van der Waals surface area contributed by atoms with Gasteiger partial charge in [0.25, 0.3) is 6.26 Å². The lowest BCUT2D eigenvalue weighted by Crippen LogP contribution is -1.94. The summed E-state index contributed by atoms with van der Waals surface area (Å²) >= 11 is 0. The van der Waals surface area contributed by atoms with Crippen LogP contribution in [-0.2, 0) is 0 Å². The summed E-state index contributed by atoms with van der Waals surface area (Å²) < 4.78 is 4.45. The molecule has 0 atom stereocenters. The molecule has 1 rings (SSSR count). The molecular weight excluding hydrogens is 158 g/mol. The van der Waals surface area contributed by atoms with Gasteiger partial charge in [0.2, 0.25) is 0 Å². The highest BCUT2D eigenvalue weighted by molar-refractivity contribution is 5.87. The monoisotopic (exact) mass is 163 g/mol. The summed E-state index contributed by atoms with van der Waals surface area (Å²) in [5.74, 6) is -0.666. The lowest BCUT2D eigenvalue weighted by molar-refractivity contribution is 0.0697. The van der Waals surface area contributed by atoms with E-state index in [1.807, 2.05) is 0 Å². The number of carbonyl (C=O) groups is 1. The van der Waals surface area contributed by atoms with Gasteiger partial charge in [-0.05, 0) is 24.3 Å². The smallest absolute Gasteiger partial charge is 0.335 e. The summed E-state index contributed by atoms with van der Waals surface area (Å²) in [6, 6.07) is 5.59. The Morgan fingerprint density at radius 1 is 1.42 bits per heavy atom. The zero-order chi connectivity index (χ0) is 8.97. The molecule has 1 aromatic rings. The first-order chi connectivity index (χ1) is 5.74. The number of ether oxygens (including phenoxy) is 1. The Kier molecular flexibility index (Phi) is 2.29. The van der Waals surface area contributed by atoms with Gasteiger partial charge < -0.3 is 9.84 Å². The molecule has 0 unspecified atom stereocenters. The van der Waals surface area contributed by atoms with Crippen molar-refractivity contribution in [2.45, 2.75) is 0 Å². The van der Waals surface area contributed by atoms with Gasteiger partial charge in [0.05, 0.1) is 5.56 Å². The third kappa shape index (κ3) is 1.73. The Bertz CT molecular complexity index is 323. The minimum Gasteiger partial charge on any atom is -0.478 e. The molecule has 0 radical (unpaired) electrons. The first-order valence-electron chi connectivity index (χ1n) is 3.13. The van der Waals surface area contributed by atoms with Crippen LogP contribution in [0.3, 0.4) is 0 Å². The van der Waals surface area contributed by atoms with E-state index in [1.54, 1.807) is 0 Å². The van der Waals surface area contributed by atoms with Gasteiger partial charge in [-0.25, -0.2) is 4.79 Å². The number of aromatic carboxylic acids is 1. The number of nitriles is 1. The second kappa shape index (κ2) is 3.39. The van der Waals surface area contributed by atoms with Gasteiger partial charge in [0, 0.05) is 0 Å². The number of nitrogens with zero attached hydrogens (tertiary/aromatic N) is 1. The van der Waals surface area contributed by atoms with Crippen LogP contribution in [0.1, 0.15) is 10.4 Å². The fraction of sp³-hybridized carbons (Fsp3) is 0. The molecular formula is C8H5NO3. The molecule has 0 saturated carbocycles. The van der Waals surface area contributed by atoms with Crippen LogP contribution >= 0.6 is 0 Å². The highest BCUT2D eigenvalue weighted by Crippen LogP contribution is 2.11. The summed E-state index contributed by atoms with van der Waals surface area (Å²) in [6.07, 6.45) is 1.49. The second-order valence-corrected chi connectivity index (χ2v) is 2.02. The predicted molar refractivity (Wildman–Crippen MR) is 39.6 cm³/mol. The van der Waals surface area contributed by atoms with Crippen LogP contribution in [0.5, 0.6) is 5.75 Å². The van der Waals surface area contributed by atoms with Gasteiger partial charge in [-0.2, -0.15) is 0 Å².